The van der Waals surface area contributed by atoms with E-state index in [1.807, 2.05) is 65.5 Å². The Labute approximate surface area is 833 Å². The predicted molar refractivity (Wildman–Crippen MR) is 601 cm³/mol. The number of rotatable bonds is 9. The molecule has 14 nitrogen and oxygen atoms in total. The summed E-state index contributed by atoms with van der Waals surface area (Å²) in [7, 11) is 0. The molecule has 0 saturated heterocycles. The van der Waals surface area contributed by atoms with Crippen molar-refractivity contribution in [3.05, 3.63) is 426 Å². The van der Waals surface area contributed by atoms with Gasteiger partial charge in [-0.05, 0) is 119 Å². The van der Waals surface area contributed by atoms with Crippen LogP contribution in [0.4, 0.5) is 0 Å². The molecule has 0 saturated carbocycles. The van der Waals surface area contributed by atoms with Gasteiger partial charge in [0.1, 0.15) is 19.0 Å². The van der Waals surface area contributed by atoms with Crippen molar-refractivity contribution >= 4 is 267 Å². The van der Waals surface area contributed by atoms with Crippen LogP contribution >= 0.6 is 56.7 Å². The van der Waals surface area contributed by atoms with Gasteiger partial charge < -0.3 is 13.7 Å². The highest BCUT2D eigenvalue weighted by Gasteiger charge is 2.32. The van der Waals surface area contributed by atoms with E-state index in [2.05, 4.69) is 397 Å². The van der Waals surface area contributed by atoms with Gasteiger partial charge in [-0.2, -0.15) is 0 Å². The molecule has 0 atom stereocenters. The second kappa shape index (κ2) is 32.4. The van der Waals surface area contributed by atoms with Gasteiger partial charge in [-0.15, -0.1) is 56.7 Å². The molecule has 0 radical (unpaired) electrons. The summed E-state index contributed by atoms with van der Waals surface area (Å²) in [6, 6.07) is 138. The van der Waals surface area contributed by atoms with Gasteiger partial charge in [-0.25, -0.2) is 49.8 Å². The fourth-order valence-electron chi connectivity index (χ4n) is 22.1. The summed E-state index contributed by atoms with van der Waals surface area (Å²) in [6.07, 6.45) is 10.9. The van der Waals surface area contributed by atoms with E-state index >= 15 is 0 Å². The Balaban J connectivity index is 0.000000100. The van der Waals surface area contributed by atoms with Gasteiger partial charge in [0.05, 0.1) is 111 Å². The number of nitrogens with zero attached hydrogens (tertiary/aromatic N) is 14. The summed E-state index contributed by atoms with van der Waals surface area (Å²) in [5, 5.41) is 20.6. The van der Waals surface area contributed by atoms with Crippen LogP contribution in [0.5, 0.6) is 0 Å². The van der Waals surface area contributed by atoms with Crippen molar-refractivity contribution in [3.8, 4) is 79.2 Å². The van der Waals surface area contributed by atoms with Crippen LogP contribution in [0.25, 0.3) is 289 Å². The van der Waals surface area contributed by atoms with Gasteiger partial charge >= 0.3 is 0 Å². The summed E-state index contributed by atoms with van der Waals surface area (Å²) < 4.78 is 21.6. The van der Waals surface area contributed by atoms with Gasteiger partial charge in [0.2, 0.25) is 5.95 Å². The van der Waals surface area contributed by atoms with Crippen molar-refractivity contribution in [2.24, 2.45) is 0 Å². The van der Waals surface area contributed by atoms with E-state index in [0.29, 0.717) is 11.8 Å². The Morgan fingerprint density at radius 1 is 0.189 bits per heavy atom. The van der Waals surface area contributed by atoms with Crippen LogP contribution < -0.4 is 0 Å². The number of benzene rings is 18. The molecule has 0 N–H and O–H groups in total. The highest BCUT2D eigenvalue weighted by Crippen LogP contribution is 2.57. The van der Waals surface area contributed by atoms with E-state index in [-0.39, 0.29) is 0 Å². The average Bonchev–Trinajstić information content (AvgIpc) is 1.50. The van der Waals surface area contributed by atoms with Crippen LogP contribution in [0, 0.1) is 0 Å². The van der Waals surface area contributed by atoms with Gasteiger partial charge in [0.25, 0.3) is 0 Å². The molecule has 14 aromatic heterocycles. The fraction of sp³-hybridized carbons (Fsp3) is 0. The molecule has 14 heterocycles. The van der Waals surface area contributed by atoms with Crippen molar-refractivity contribution < 1.29 is 0 Å². The second-order valence-electron chi connectivity index (χ2n) is 35.9. The molecule has 19 heteroatoms. The lowest BCUT2D eigenvalue weighted by Gasteiger charge is -2.12. The molecule has 0 aliphatic carbocycles. The quantitative estimate of drug-likeness (QED) is 0.137. The van der Waals surface area contributed by atoms with Gasteiger partial charge in [0, 0.05) is 163 Å². The van der Waals surface area contributed by atoms with Crippen LogP contribution in [0.15, 0.2) is 426 Å². The summed E-state index contributed by atoms with van der Waals surface area (Å²) >= 11 is 9.04. The number of aromatic nitrogens is 14. The molecule has 32 rings (SSSR count). The minimum atomic E-state index is 0.650. The lowest BCUT2D eigenvalue weighted by Crippen LogP contribution is -2.03. The number of fused-ring (bicyclic) bond motifs is 38. The first-order chi connectivity index (χ1) is 71.0. The number of hydrogen-bond donors (Lipinski definition) is 0. The third-order valence-electron chi connectivity index (χ3n) is 28.2. The highest BCUT2D eigenvalue weighted by molar-refractivity contribution is 7.30. The van der Waals surface area contributed by atoms with Crippen LogP contribution in [0.3, 0.4) is 0 Å². The summed E-state index contributed by atoms with van der Waals surface area (Å²) in [5.41, 5.74) is 27.3. The van der Waals surface area contributed by atoms with E-state index in [4.69, 9.17) is 34.9 Å². The first-order valence-electron chi connectivity index (χ1n) is 47.3. The molecule has 0 amide bonds. The number of thiophene rings is 5. The standard InChI is InChI=1S/2C42H23N5S2.C40H24N4S/c1-2-10-24(11-3-1)37-27-12-4-7-15-30(27)45-42(46-37)25-18-20-26(21-19-25)47-31-16-8-5-13-28(31)35-39(47)41-36(38-33(49-41)22-43-23-44-38)34-29-14-6-9-17-32(29)48-40(34)35;1-2-10-24(11-3-1)25-18-20-26(21-19-25)37-27-12-4-7-15-30(27)45-42(46-37)47-31-16-8-5-13-28(31)35-39(47)41-36(38-33(49-41)22-43-23-44-38)34-29-14-6-9-17-32(29)48-40(34)35;1-3-11-25(12-4-1)26-19-21-28(22-20-26)44-32-18-10-8-16-30(32)35-34-29-15-7-9-17-31(29)43(27-13-5-2-6-14-27)38(34)36-37-33(23-41-24-42-37)45-40(36)39(35)44/h2*1-23H;1-24H. The third kappa shape index (κ3) is 12.5. The van der Waals surface area contributed by atoms with Gasteiger partial charge in [0.15, 0.2) is 5.82 Å². The average molecular weight is 1920 g/mol. The van der Waals surface area contributed by atoms with Crippen molar-refractivity contribution in [2.45, 2.75) is 0 Å². The van der Waals surface area contributed by atoms with Crippen LogP contribution in [0.2, 0.25) is 0 Å². The van der Waals surface area contributed by atoms with E-state index in [1.165, 1.54) is 169 Å². The minimum absolute atomic E-state index is 0.650. The molecule has 0 unspecified atom stereocenters. The highest BCUT2D eigenvalue weighted by atomic mass is 32.1. The first kappa shape index (κ1) is 81.2. The van der Waals surface area contributed by atoms with Crippen molar-refractivity contribution in [1.29, 1.82) is 0 Å². The van der Waals surface area contributed by atoms with Crippen molar-refractivity contribution in [2.75, 3.05) is 0 Å². The van der Waals surface area contributed by atoms with Gasteiger partial charge in [-0.3, -0.25) is 4.57 Å². The van der Waals surface area contributed by atoms with E-state index in [0.717, 1.165) is 109 Å². The third-order valence-corrected chi connectivity index (χ3v) is 33.9. The van der Waals surface area contributed by atoms with Crippen LogP contribution in [-0.2, 0) is 0 Å². The molecule has 0 spiro atoms. The van der Waals surface area contributed by atoms with E-state index in [9.17, 15) is 0 Å². The van der Waals surface area contributed by atoms with Crippen LogP contribution in [0.1, 0.15) is 0 Å². The zero-order valence-electron chi connectivity index (χ0n) is 75.7. The van der Waals surface area contributed by atoms with Gasteiger partial charge in [-0.1, -0.05) is 291 Å². The zero-order chi connectivity index (χ0) is 93.6. The van der Waals surface area contributed by atoms with E-state index in [1.54, 1.807) is 53.0 Å². The molecule has 18 aromatic carbocycles. The number of hydrogen-bond acceptors (Lipinski definition) is 15. The molecule has 0 aliphatic rings. The normalized spacial score (nSPS) is 12.1. The first-order valence-corrected chi connectivity index (χ1v) is 51.4. The molecule has 0 bridgehead atoms. The molecule has 666 valence electrons. The van der Waals surface area contributed by atoms with Crippen molar-refractivity contribution in [1.82, 2.24) is 68.1 Å². The molecular weight excluding hydrogens is 1850 g/mol. The van der Waals surface area contributed by atoms with Crippen LogP contribution in [-0.4, -0.2) is 68.1 Å². The fourth-order valence-corrected chi connectivity index (χ4v) is 28.2. The Bertz CT molecular complexity index is 10900. The van der Waals surface area contributed by atoms with Crippen molar-refractivity contribution in [3.63, 3.8) is 0 Å². The van der Waals surface area contributed by atoms with E-state index < -0.39 is 0 Å². The summed E-state index contributed by atoms with van der Waals surface area (Å²) in [5.74, 6) is 1.36. The lowest BCUT2D eigenvalue weighted by atomic mass is 10.0. The Hall–Kier alpha value is -17.8. The smallest absolute Gasteiger partial charge is 0.235 e. The molecule has 32 aromatic rings. The maximum atomic E-state index is 5.43. The lowest BCUT2D eigenvalue weighted by molar-refractivity contribution is 1.02. The maximum absolute atomic E-state index is 5.43. The Kier molecular flexibility index (Phi) is 18.4. The second-order valence-corrected chi connectivity index (χ2v) is 41.2. The predicted octanol–water partition coefficient (Wildman–Crippen LogP) is 33.9. The largest absolute Gasteiger partial charge is 0.308 e. The number of para-hydroxylation sites is 7. The molecule has 0 fully saturated rings. The maximum Gasteiger partial charge on any atom is 0.235 e. The Morgan fingerprint density at radius 2 is 0.503 bits per heavy atom. The zero-order valence-corrected chi connectivity index (χ0v) is 79.8. The SMILES string of the molecule is c1ccc(-c2ccc(-c3nc(-n4c5ccccc5c5c6sc7ccccc7c6c6c7ncncc7sc6c54)nc4ccccc34)cc2)cc1.c1ccc(-c2ccc(-n3c4ccccc4c4c5c6ccccc6n(-c6ccccc6)c5c5c6ncncc6sc5c43)cc2)cc1.c1ccc(-c2nc(-c3ccc(-n4c5ccccc5c5c6sc7ccccc7c6c6c7ncncc7sc6c54)cc3)nc3ccccc23)cc1. The monoisotopic (exact) mass is 1910 g/mol. The molecule has 0 aliphatic heterocycles. The molecule has 143 heavy (non-hydrogen) atoms. The Morgan fingerprint density at radius 3 is 0.993 bits per heavy atom. The topological polar surface area (TPSA) is 149 Å². The minimum Gasteiger partial charge on any atom is -0.308 e. The molecular formula is C124H70N14S5. The summed E-state index contributed by atoms with van der Waals surface area (Å²) in [6.45, 7) is 0. The summed E-state index contributed by atoms with van der Waals surface area (Å²) in [4.78, 5) is 48.7.